The summed E-state index contributed by atoms with van der Waals surface area (Å²) < 4.78 is 0. The lowest BCUT2D eigenvalue weighted by Gasteiger charge is -2.28. The van der Waals surface area contributed by atoms with E-state index in [0.717, 1.165) is 11.1 Å². The van der Waals surface area contributed by atoms with Gasteiger partial charge in [0.15, 0.2) is 0 Å². The van der Waals surface area contributed by atoms with E-state index in [-0.39, 0.29) is 0 Å². The maximum absolute atomic E-state index is 8.24. The van der Waals surface area contributed by atoms with E-state index >= 15 is 0 Å². The number of hydrogen-bond donors (Lipinski definition) is 2. The number of anilines is 1. The number of benzene rings is 2. The fraction of sp³-hybridized carbons (Fsp3) is 0.250. The van der Waals surface area contributed by atoms with E-state index in [1.807, 2.05) is 36.4 Å². The van der Waals surface area contributed by atoms with E-state index in [4.69, 9.17) is 11.1 Å². The largest absolute Gasteiger partial charge is 0.399 e. The summed E-state index contributed by atoms with van der Waals surface area (Å²) in [5.41, 5.74) is 10.1. The van der Waals surface area contributed by atoms with Gasteiger partial charge >= 0.3 is 0 Å². The molecule has 0 bridgehead atoms. The average Bonchev–Trinajstić information content (AvgIpc) is 2.67. The van der Waals surface area contributed by atoms with Gasteiger partial charge in [-0.25, -0.2) is 0 Å². The molecule has 0 spiro atoms. The summed E-state index contributed by atoms with van der Waals surface area (Å²) in [4.78, 5) is 4.25. The molecule has 0 radical (unpaired) electrons. The van der Waals surface area contributed by atoms with Crippen molar-refractivity contribution in [1.82, 2.24) is 0 Å². The van der Waals surface area contributed by atoms with Gasteiger partial charge < -0.3 is 11.1 Å². The van der Waals surface area contributed by atoms with Crippen molar-refractivity contribution < 1.29 is 0 Å². The van der Waals surface area contributed by atoms with Crippen molar-refractivity contribution in [1.29, 1.82) is 5.41 Å². The topological polar surface area (TPSA) is 62.2 Å². The summed E-state index contributed by atoms with van der Waals surface area (Å²) in [7, 11) is 0. The lowest BCUT2D eigenvalue weighted by Crippen LogP contribution is -2.15. The summed E-state index contributed by atoms with van der Waals surface area (Å²) >= 11 is 0. The Balaban J connectivity index is 1.63. The van der Waals surface area contributed by atoms with Gasteiger partial charge in [-0.3, -0.25) is 4.99 Å². The summed E-state index contributed by atoms with van der Waals surface area (Å²) in [6.45, 7) is 4.55. The van der Waals surface area contributed by atoms with Gasteiger partial charge in [0.1, 0.15) is 0 Å². The first kappa shape index (κ1) is 18.8. The van der Waals surface area contributed by atoms with Gasteiger partial charge in [0.05, 0.1) is 5.71 Å². The number of nitrogens with two attached hydrogens (primary N) is 1. The fourth-order valence-electron chi connectivity index (χ4n) is 3.52. The van der Waals surface area contributed by atoms with Gasteiger partial charge in [-0.05, 0) is 59.1 Å². The molecule has 0 fully saturated rings. The lowest BCUT2D eigenvalue weighted by atomic mass is 9.76. The minimum atomic E-state index is 0.455. The highest BCUT2D eigenvalue weighted by molar-refractivity contribution is 6.06. The molecule has 1 aliphatic carbocycles. The zero-order chi connectivity index (χ0) is 19.2. The van der Waals surface area contributed by atoms with E-state index < -0.39 is 0 Å². The van der Waals surface area contributed by atoms with Crippen molar-refractivity contribution in [2.24, 2.45) is 16.8 Å². The first-order valence-electron chi connectivity index (χ1n) is 9.45. The molecule has 0 saturated carbocycles. The highest BCUT2D eigenvalue weighted by atomic mass is 14.7. The molecular formula is C24H27N3. The van der Waals surface area contributed by atoms with Crippen molar-refractivity contribution in [3.8, 4) is 0 Å². The van der Waals surface area contributed by atoms with E-state index in [1.54, 1.807) is 18.5 Å². The highest BCUT2D eigenvalue weighted by Gasteiger charge is 2.22. The number of nitrogens with one attached hydrogen (secondary N) is 1. The van der Waals surface area contributed by atoms with Gasteiger partial charge in [0.25, 0.3) is 0 Å². The van der Waals surface area contributed by atoms with E-state index in [2.05, 4.69) is 43.1 Å². The Bertz CT molecular complexity index is 875. The smallest absolute Gasteiger partial charge is 0.0627 e. The maximum atomic E-state index is 8.24. The van der Waals surface area contributed by atoms with E-state index in [9.17, 15) is 0 Å². The molecule has 3 unspecified atom stereocenters. The Morgan fingerprint density at radius 1 is 1.11 bits per heavy atom. The highest BCUT2D eigenvalue weighted by Crippen LogP contribution is 2.36. The molecule has 3 nitrogen and oxygen atoms in total. The molecule has 0 aromatic heterocycles. The van der Waals surface area contributed by atoms with Crippen molar-refractivity contribution in [2.45, 2.75) is 26.2 Å². The van der Waals surface area contributed by atoms with Crippen LogP contribution in [0.2, 0.25) is 0 Å². The number of nitrogen functional groups attached to an aromatic ring is 1. The van der Waals surface area contributed by atoms with Crippen molar-refractivity contribution in [3.63, 3.8) is 0 Å². The van der Waals surface area contributed by atoms with Gasteiger partial charge in [0.2, 0.25) is 0 Å². The molecule has 1 aliphatic rings. The van der Waals surface area contributed by atoms with E-state index in [1.165, 1.54) is 12.0 Å². The minimum absolute atomic E-state index is 0.455. The number of hydrogen-bond acceptors (Lipinski definition) is 3. The minimum Gasteiger partial charge on any atom is -0.399 e. The zero-order valence-electron chi connectivity index (χ0n) is 16.0. The van der Waals surface area contributed by atoms with Crippen LogP contribution in [-0.2, 0) is 0 Å². The number of nitrogens with zero attached hydrogens (tertiary/aromatic N) is 1. The molecule has 2 aromatic rings. The first-order valence-corrected chi connectivity index (χ1v) is 9.45. The normalized spacial score (nSPS) is 22.5. The van der Waals surface area contributed by atoms with Crippen LogP contribution in [0.3, 0.4) is 0 Å². The molecule has 2 aromatic carbocycles. The van der Waals surface area contributed by atoms with Gasteiger partial charge in [0, 0.05) is 18.1 Å². The van der Waals surface area contributed by atoms with Gasteiger partial charge in [-0.1, -0.05) is 62.4 Å². The molecule has 0 saturated heterocycles. The molecule has 27 heavy (non-hydrogen) atoms. The molecular weight excluding hydrogens is 330 g/mol. The predicted molar refractivity (Wildman–Crippen MR) is 116 cm³/mol. The Kier molecular flexibility index (Phi) is 6.02. The van der Waals surface area contributed by atoms with Crippen molar-refractivity contribution >= 4 is 17.6 Å². The Labute approximate surface area is 161 Å². The summed E-state index contributed by atoms with van der Waals surface area (Å²) in [5, 5.41) is 8.24. The zero-order valence-corrected chi connectivity index (χ0v) is 16.0. The van der Waals surface area contributed by atoms with Crippen LogP contribution in [0.25, 0.3) is 0 Å². The van der Waals surface area contributed by atoms with Crippen molar-refractivity contribution in [2.75, 3.05) is 5.73 Å². The molecule has 138 valence electrons. The Morgan fingerprint density at radius 3 is 2.63 bits per heavy atom. The third-order valence-corrected chi connectivity index (χ3v) is 5.11. The summed E-state index contributed by atoms with van der Waals surface area (Å²) in [6.07, 6.45) is 10.9. The van der Waals surface area contributed by atoms with Crippen LogP contribution < -0.4 is 5.73 Å². The van der Waals surface area contributed by atoms with Crippen molar-refractivity contribution in [3.05, 3.63) is 89.6 Å². The maximum Gasteiger partial charge on any atom is 0.0627 e. The lowest BCUT2D eigenvalue weighted by molar-refractivity contribution is 0.430. The molecule has 3 heteroatoms. The second-order valence-electron chi connectivity index (χ2n) is 7.36. The number of allylic oxidation sites excluding steroid dienone is 3. The monoisotopic (exact) mass is 357 g/mol. The molecule has 0 amide bonds. The molecule has 0 heterocycles. The SMILES string of the molecule is CC1C=CC(C)C(c2ccc(C(=N)/C=C\N=C\c3cccc(N)c3)cc2)C1. The standard InChI is InChI=1S/C24H27N3/c1-17-6-7-18(2)23(14-17)20-8-10-21(11-9-20)24(26)12-13-27-16-19-4-3-5-22(25)15-19/h3-13,15-18,23,26H,14,25H2,1-2H3/b13-12-,26-24?,27-16+. The van der Waals surface area contributed by atoms with E-state index in [0.29, 0.717) is 29.2 Å². The van der Waals surface area contributed by atoms with Gasteiger partial charge in [-0.2, -0.15) is 0 Å². The van der Waals surface area contributed by atoms with Crippen LogP contribution in [0.1, 0.15) is 42.9 Å². The third kappa shape index (κ3) is 5.04. The second kappa shape index (κ2) is 8.63. The van der Waals surface area contributed by atoms with Crippen LogP contribution in [-0.4, -0.2) is 11.9 Å². The third-order valence-electron chi connectivity index (χ3n) is 5.11. The summed E-state index contributed by atoms with van der Waals surface area (Å²) in [5.74, 6) is 1.75. The quantitative estimate of drug-likeness (QED) is 0.409. The van der Waals surface area contributed by atoms with Crippen LogP contribution in [0.5, 0.6) is 0 Å². The second-order valence-corrected chi connectivity index (χ2v) is 7.36. The molecule has 3 N–H and O–H groups in total. The van der Waals surface area contributed by atoms with Crippen LogP contribution >= 0.6 is 0 Å². The molecule has 0 aliphatic heterocycles. The fourth-order valence-corrected chi connectivity index (χ4v) is 3.52. The Morgan fingerprint density at radius 2 is 1.89 bits per heavy atom. The number of aliphatic imine (C=N–C) groups is 1. The van der Waals surface area contributed by atoms with Crippen LogP contribution in [0, 0.1) is 17.2 Å². The molecule has 3 atom stereocenters. The Hall–Kier alpha value is -2.94. The summed E-state index contributed by atoms with van der Waals surface area (Å²) in [6, 6.07) is 16.0. The van der Waals surface area contributed by atoms with Crippen LogP contribution in [0.4, 0.5) is 5.69 Å². The predicted octanol–water partition coefficient (Wildman–Crippen LogP) is 5.59. The molecule has 3 rings (SSSR count). The number of rotatable bonds is 5. The average molecular weight is 358 g/mol. The van der Waals surface area contributed by atoms with Crippen LogP contribution in [0.15, 0.2) is 78.0 Å². The van der Waals surface area contributed by atoms with Gasteiger partial charge in [-0.15, -0.1) is 0 Å². The first-order chi connectivity index (χ1) is 13.0.